The highest BCUT2D eigenvalue weighted by Gasteiger charge is 2.21. The Balaban J connectivity index is 2.98. The van der Waals surface area contributed by atoms with Crippen LogP contribution in [0.5, 0.6) is 0 Å². The van der Waals surface area contributed by atoms with Crippen molar-refractivity contribution in [1.82, 2.24) is 4.72 Å². The molecule has 0 spiro atoms. The minimum Gasteiger partial charge on any atom is -0.396 e. The van der Waals surface area contributed by atoms with Crippen LogP contribution >= 0.6 is 0 Å². The van der Waals surface area contributed by atoms with Gasteiger partial charge in [0.05, 0.1) is 11.4 Å². The smallest absolute Gasteiger partial charge is 0.243 e. The van der Waals surface area contributed by atoms with Crippen molar-refractivity contribution in [2.45, 2.75) is 4.90 Å². The van der Waals surface area contributed by atoms with Gasteiger partial charge in [0, 0.05) is 12.6 Å². The number of nitrogens with one attached hydrogen (secondary N) is 1. The molecular formula is C8H11F2N3O4S2. The van der Waals surface area contributed by atoms with Gasteiger partial charge in [0.1, 0.15) is 16.5 Å². The summed E-state index contributed by atoms with van der Waals surface area (Å²) >= 11 is 0. The number of benzene rings is 1. The molecule has 11 heteroatoms. The second-order valence-electron chi connectivity index (χ2n) is 3.57. The minimum absolute atomic E-state index is 0.323. The molecule has 0 unspecified atom stereocenters. The molecule has 1 aromatic rings. The molecule has 0 amide bonds. The van der Waals surface area contributed by atoms with Gasteiger partial charge in [-0.3, -0.25) is 0 Å². The summed E-state index contributed by atoms with van der Waals surface area (Å²) < 4.78 is 72.5. The summed E-state index contributed by atoms with van der Waals surface area (Å²) in [7, 11) is -8.20. The van der Waals surface area contributed by atoms with Crippen LogP contribution < -0.4 is 15.6 Å². The molecule has 7 nitrogen and oxygen atoms in total. The first-order valence-corrected chi connectivity index (χ1v) is 7.97. The zero-order valence-electron chi connectivity index (χ0n) is 9.43. The molecule has 0 aromatic heterocycles. The Morgan fingerprint density at radius 1 is 1.11 bits per heavy atom. The molecule has 0 fully saturated rings. The van der Waals surface area contributed by atoms with Gasteiger partial charge in [-0.15, -0.1) is 0 Å². The molecule has 0 heterocycles. The third-order valence-corrected chi connectivity index (χ3v) is 4.27. The number of halogens is 2. The fraction of sp³-hybridized carbons (Fsp3) is 0.250. The van der Waals surface area contributed by atoms with Gasteiger partial charge in [0.2, 0.25) is 20.0 Å². The van der Waals surface area contributed by atoms with Crippen LogP contribution in [0.2, 0.25) is 0 Å². The van der Waals surface area contributed by atoms with Gasteiger partial charge in [-0.25, -0.2) is 35.5 Å². The maximum atomic E-state index is 13.3. The summed E-state index contributed by atoms with van der Waals surface area (Å²) in [6, 6.07) is 0.924. The lowest BCUT2D eigenvalue weighted by atomic mass is 10.3. The molecule has 1 rings (SSSR count). The van der Waals surface area contributed by atoms with Crippen molar-refractivity contribution in [1.29, 1.82) is 0 Å². The second kappa shape index (κ2) is 5.36. The predicted molar refractivity (Wildman–Crippen MR) is 63.9 cm³/mol. The van der Waals surface area contributed by atoms with E-state index in [1.807, 2.05) is 4.72 Å². The summed E-state index contributed by atoms with van der Waals surface area (Å²) in [5.74, 6) is -3.10. The fourth-order valence-corrected chi connectivity index (χ4v) is 2.79. The lowest BCUT2D eigenvalue weighted by Gasteiger charge is -2.08. The summed E-state index contributed by atoms with van der Waals surface area (Å²) in [4.78, 5) is -0.874. The average molecular weight is 315 g/mol. The van der Waals surface area contributed by atoms with Crippen molar-refractivity contribution < 1.29 is 25.6 Å². The summed E-state index contributed by atoms with van der Waals surface area (Å²) in [5.41, 5.74) is 4.59. The molecule has 1 aromatic carbocycles. The van der Waals surface area contributed by atoms with Crippen LogP contribution in [0, 0.1) is 11.6 Å². The van der Waals surface area contributed by atoms with Gasteiger partial charge in [0.15, 0.2) is 0 Å². The zero-order chi connectivity index (χ0) is 14.8. The van der Waals surface area contributed by atoms with Crippen LogP contribution in [0.1, 0.15) is 0 Å². The number of nitrogens with two attached hydrogens (primary N) is 2. The Morgan fingerprint density at radius 3 is 2.21 bits per heavy atom. The average Bonchev–Trinajstić information content (AvgIpc) is 2.20. The molecule has 0 atom stereocenters. The van der Waals surface area contributed by atoms with Crippen LogP contribution in [0.25, 0.3) is 0 Å². The molecule has 0 saturated carbocycles. The van der Waals surface area contributed by atoms with Crippen LogP contribution in [0.15, 0.2) is 17.0 Å². The lowest BCUT2D eigenvalue weighted by Crippen LogP contribution is -2.32. The molecule has 0 saturated heterocycles. The monoisotopic (exact) mass is 315 g/mol. The van der Waals surface area contributed by atoms with E-state index in [-0.39, 0.29) is 0 Å². The van der Waals surface area contributed by atoms with E-state index in [0.717, 1.165) is 0 Å². The first-order chi connectivity index (χ1) is 8.53. The molecule has 0 aliphatic rings. The molecule has 0 aliphatic heterocycles. The van der Waals surface area contributed by atoms with Gasteiger partial charge in [-0.05, 0) is 6.07 Å². The van der Waals surface area contributed by atoms with E-state index in [9.17, 15) is 25.6 Å². The van der Waals surface area contributed by atoms with Crippen LogP contribution in [0.4, 0.5) is 14.5 Å². The number of anilines is 1. The maximum absolute atomic E-state index is 13.3. The van der Waals surface area contributed by atoms with Gasteiger partial charge < -0.3 is 5.73 Å². The van der Waals surface area contributed by atoms with E-state index < -0.39 is 54.6 Å². The number of sulfonamides is 2. The molecule has 5 N–H and O–H groups in total. The summed E-state index contributed by atoms with van der Waals surface area (Å²) in [6.07, 6.45) is 0. The Bertz CT molecular complexity index is 688. The number of rotatable bonds is 5. The number of hydrogen-bond donors (Lipinski definition) is 3. The van der Waals surface area contributed by atoms with Crippen LogP contribution in [0.3, 0.4) is 0 Å². The summed E-state index contributed by atoms with van der Waals surface area (Å²) in [5, 5.41) is 4.67. The van der Waals surface area contributed by atoms with E-state index in [2.05, 4.69) is 5.14 Å². The largest absolute Gasteiger partial charge is 0.396 e. The first-order valence-electron chi connectivity index (χ1n) is 4.77. The van der Waals surface area contributed by atoms with Crippen molar-refractivity contribution in [2.24, 2.45) is 5.14 Å². The van der Waals surface area contributed by atoms with Gasteiger partial charge in [-0.1, -0.05) is 0 Å². The third kappa shape index (κ3) is 4.38. The van der Waals surface area contributed by atoms with Gasteiger partial charge >= 0.3 is 0 Å². The maximum Gasteiger partial charge on any atom is 0.243 e. The number of nitrogen functional groups attached to an aromatic ring is 1. The Kier molecular flexibility index (Phi) is 4.45. The molecule has 0 radical (unpaired) electrons. The number of hydrogen-bond acceptors (Lipinski definition) is 5. The van der Waals surface area contributed by atoms with Gasteiger partial charge in [-0.2, -0.15) is 0 Å². The van der Waals surface area contributed by atoms with Crippen LogP contribution in [-0.4, -0.2) is 29.1 Å². The Hall–Kier alpha value is -1.30. The fourth-order valence-electron chi connectivity index (χ4n) is 1.15. The molecule has 108 valence electrons. The quantitative estimate of drug-likeness (QED) is 0.607. The molecule has 0 aliphatic carbocycles. The van der Waals surface area contributed by atoms with E-state index >= 15 is 0 Å². The normalized spacial score (nSPS) is 12.6. The van der Waals surface area contributed by atoms with E-state index in [4.69, 9.17) is 5.73 Å². The van der Waals surface area contributed by atoms with Gasteiger partial charge in [0.25, 0.3) is 0 Å². The highest BCUT2D eigenvalue weighted by Crippen LogP contribution is 2.20. The zero-order valence-corrected chi connectivity index (χ0v) is 11.1. The van der Waals surface area contributed by atoms with Crippen molar-refractivity contribution in [2.75, 3.05) is 18.0 Å². The highest BCUT2D eigenvalue weighted by atomic mass is 32.2. The van der Waals surface area contributed by atoms with Crippen molar-refractivity contribution >= 4 is 25.7 Å². The Morgan fingerprint density at radius 2 is 1.68 bits per heavy atom. The van der Waals surface area contributed by atoms with E-state index in [1.54, 1.807) is 0 Å². The minimum atomic E-state index is -4.34. The van der Waals surface area contributed by atoms with Crippen molar-refractivity contribution in [3.63, 3.8) is 0 Å². The molecule has 19 heavy (non-hydrogen) atoms. The lowest BCUT2D eigenvalue weighted by molar-refractivity contribution is 0.545. The van der Waals surface area contributed by atoms with E-state index in [0.29, 0.717) is 12.1 Å². The third-order valence-electron chi connectivity index (χ3n) is 2.02. The standard InChI is InChI=1S/C8H11F2N3O4S2/c9-5-3-6(10)8(4-7(5)11)19(16,17)13-1-2-18(12,14)15/h3-4,13H,1-2,11H2,(H2,12,14,15). The molecule has 0 bridgehead atoms. The van der Waals surface area contributed by atoms with Crippen LogP contribution in [-0.2, 0) is 20.0 Å². The topological polar surface area (TPSA) is 132 Å². The van der Waals surface area contributed by atoms with Crippen molar-refractivity contribution in [3.8, 4) is 0 Å². The Labute approximate surface area is 108 Å². The SMILES string of the molecule is Nc1cc(S(=O)(=O)NCCS(N)(=O)=O)c(F)cc1F. The van der Waals surface area contributed by atoms with E-state index in [1.165, 1.54) is 0 Å². The highest BCUT2D eigenvalue weighted by molar-refractivity contribution is 7.90. The molecular weight excluding hydrogens is 304 g/mol. The first kappa shape index (κ1) is 15.8. The number of primary sulfonamides is 1. The summed E-state index contributed by atoms with van der Waals surface area (Å²) in [6.45, 7) is -0.544. The second-order valence-corrected chi connectivity index (χ2v) is 7.04. The van der Waals surface area contributed by atoms with Crippen molar-refractivity contribution in [3.05, 3.63) is 23.8 Å². The predicted octanol–water partition coefficient (Wildman–Crippen LogP) is -0.886.